The molecular formula is C13H21NO2S2. The molecule has 0 amide bonds. The van der Waals surface area contributed by atoms with E-state index in [2.05, 4.69) is 35.9 Å². The summed E-state index contributed by atoms with van der Waals surface area (Å²) in [6.45, 7) is 8.54. The van der Waals surface area contributed by atoms with Gasteiger partial charge in [-0.15, -0.1) is 11.3 Å². The first-order valence-corrected chi connectivity index (χ1v) is 7.89. The third kappa shape index (κ3) is 4.98. The van der Waals surface area contributed by atoms with Crippen molar-refractivity contribution in [1.29, 1.82) is 0 Å². The molecule has 0 aliphatic carbocycles. The quantitative estimate of drug-likeness (QED) is 0.775. The normalized spacial score (nSPS) is 13.4. The number of thiazole rings is 1. The second-order valence-electron chi connectivity index (χ2n) is 5.28. The van der Waals surface area contributed by atoms with Gasteiger partial charge < -0.3 is 4.74 Å². The van der Waals surface area contributed by atoms with Gasteiger partial charge in [0, 0.05) is 21.8 Å². The van der Waals surface area contributed by atoms with Crippen molar-refractivity contribution >= 4 is 29.1 Å². The molecule has 0 fully saturated rings. The molecule has 0 spiro atoms. The second-order valence-corrected chi connectivity index (χ2v) is 7.65. The molecule has 1 atom stereocenters. The van der Waals surface area contributed by atoms with E-state index in [0.29, 0.717) is 6.42 Å². The minimum atomic E-state index is -0.149. The predicted octanol–water partition coefficient (Wildman–Crippen LogP) is 3.63. The van der Waals surface area contributed by atoms with Gasteiger partial charge in [0.15, 0.2) is 0 Å². The number of esters is 1. The lowest BCUT2D eigenvalue weighted by Gasteiger charge is -2.14. The Kier molecular flexibility index (Phi) is 5.66. The molecule has 0 aromatic carbocycles. The zero-order valence-electron chi connectivity index (χ0n) is 11.6. The Morgan fingerprint density at radius 2 is 2.22 bits per heavy atom. The van der Waals surface area contributed by atoms with Gasteiger partial charge in [0.2, 0.25) is 0 Å². The van der Waals surface area contributed by atoms with Gasteiger partial charge in [-0.2, -0.15) is 11.8 Å². The molecule has 1 heterocycles. The smallest absolute Gasteiger partial charge is 0.306 e. The van der Waals surface area contributed by atoms with E-state index in [4.69, 9.17) is 0 Å². The van der Waals surface area contributed by atoms with E-state index in [1.54, 1.807) is 23.1 Å². The molecule has 3 nitrogen and oxygen atoms in total. The summed E-state index contributed by atoms with van der Waals surface area (Å²) in [5, 5.41) is 3.52. The van der Waals surface area contributed by atoms with Crippen molar-refractivity contribution in [3.63, 3.8) is 0 Å². The highest BCUT2D eigenvalue weighted by atomic mass is 32.2. The molecule has 0 bridgehead atoms. The van der Waals surface area contributed by atoms with E-state index < -0.39 is 0 Å². The predicted molar refractivity (Wildman–Crippen MR) is 78.2 cm³/mol. The van der Waals surface area contributed by atoms with E-state index in [1.807, 2.05) is 6.92 Å². The fourth-order valence-corrected chi connectivity index (χ4v) is 3.34. The highest BCUT2D eigenvalue weighted by Crippen LogP contribution is 2.27. The molecule has 1 rings (SSSR count). The molecule has 5 heteroatoms. The van der Waals surface area contributed by atoms with Crippen LogP contribution in [-0.2, 0) is 20.7 Å². The number of ether oxygens (including phenoxy) is 1. The Hall–Kier alpha value is -0.550. The lowest BCUT2D eigenvalue weighted by Crippen LogP contribution is -2.11. The molecular weight excluding hydrogens is 266 g/mol. The zero-order valence-corrected chi connectivity index (χ0v) is 13.3. The molecule has 0 saturated heterocycles. The van der Waals surface area contributed by atoms with E-state index in [9.17, 15) is 4.79 Å². The summed E-state index contributed by atoms with van der Waals surface area (Å²) in [4.78, 5) is 15.8. The first-order valence-electron chi connectivity index (χ1n) is 5.96. The molecule has 0 N–H and O–H groups in total. The highest BCUT2D eigenvalue weighted by molar-refractivity contribution is 7.99. The van der Waals surface area contributed by atoms with Crippen LogP contribution in [0.25, 0.3) is 0 Å². The van der Waals surface area contributed by atoms with Crippen molar-refractivity contribution in [3.8, 4) is 0 Å². The van der Waals surface area contributed by atoms with Crippen LogP contribution in [0, 0.1) is 0 Å². The Labute approximate surface area is 117 Å². The molecule has 18 heavy (non-hydrogen) atoms. The summed E-state index contributed by atoms with van der Waals surface area (Å²) in [5.41, 5.74) is 1.25. The largest absolute Gasteiger partial charge is 0.469 e. The molecule has 0 aliphatic rings. The minimum Gasteiger partial charge on any atom is -0.469 e. The van der Waals surface area contributed by atoms with Crippen molar-refractivity contribution in [3.05, 3.63) is 16.1 Å². The van der Waals surface area contributed by atoms with Crippen molar-refractivity contribution in [2.75, 3.05) is 7.11 Å². The molecule has 0 saturated carbocycles. The van der Waals surface area contributed by atoms with Gasteiger partial charge in [-0.1, -0.05) is 27.7 Å². The Balaban J connectivity index is 2.44. The van der Waals surface area contributed by atoms with Crippen molar-refractivity contribution < 1.29 is 9.53 Å². The number of nitrogens with zero attached hydrogens (tertiary/aromatic N) is 1. The molecule has 1 aromatic heterocycles. The average Bonchev–Trinajstić information content (AvgIpc) is 2.74. The fourth-order valence-electron chi connectivity index (χ4n) is 1.31. The van der Waals surface area contributed by atoms with Crippen LogP contribution in [0.3, 0.4) is 0 Å². The topological polar surface area (TPSA) is 39.2 Å². The zero-order chi connectivity index (χ0) is 13.8. The molecule has 1 unspecified atom stereocenters. The molecule has 1 aromatic rings. The van der Waals surface area contributed by atoms with E-state index in [0.717, 1.165) is 16.5 Å². The molecule has 0 aliphatic heterocycles. The van der Waals surface area contributed by atoms with Crippen LogP contribution in [0.2, 0.25) is 0 Å². The first kappa shape index (κ1) is 15.5. The summed E-state index contributed by atoms with van der Waals surface area (Å²) in [6, 6.07) is 0. The van der Waals surface area contributed by atoms with Gasteiger partial charge in [-0.05, 0) is 0 Å². The number of thioether (sulfide) groups is 1. The fraction of sp³-hybridized carbons (Fsp3) is 0.692. The summed E-state index contributed by atoms with van der Waals surface area (Å²) in [6.07, 6.45) is 0.457. The van der Waals surface area contributed by atoms with Crippen LogP contribution in [0.1, 0.15) is 44.8 Å². The SMILES string of the molecule is COC(=O)CC(C)SCc1nc(C(C)(C)C)cs1. The lowest BCUT2D eigenvalue weighted by atomic mass is 9.93. The van der Waals surface area contributed by atoms with Gasteiger partial charge in [0.25, 0.3) is 0 Å². The minimum absolute atomic E-state index is 0.108. The third-order valence-corrected chi connectivity index (χ3v) is 4.70. The van der Waals surface area contributed by atoms with Crippen LogP contribution in [0.5, 0.6) is 0 Å². The van der Waals surface area contributed by atoms with E-state index >= 15 is 0 Å². The van der Waals surface area contributed by atoms with Crippen LogP contribution in [-0.4, -0.2) is 23.3 Å². The van der Waals surface area contributed by atoms with Crippen LogP contribution in [0.4, 0.5) is 0 Å². The number of rotatable bonds is 5. The third-order valence-electron chi connectivity index (χ3n) is 2.49. The number of carbonyl (C=O) groups is 1. The molecule has 0 radical (unpaired) electrons. The standard InChI is InChI=1S/C13H21NO2S2/c1-9(6-12(15)16-5)17-8-11-14-10(7-18-11)13(2,3)4/h7,9H,6,8H2,1-5H3. The summed E-state index contributed by atoms with van der Waals surface area (Å²) < 4.78 is 4.66. The average molecular weight is 287 g/mol. The van der Waals surface area contributed by atoms with Crippen LogP contribution in [0.15, 0.2) is 5.38 Å². The van der Waals surface area contributed by atoms with Crippen molar-refractivity contribution in [1.82, 2.24) is 4.98 Å². The number of hydrogen-bond donors (Lipinski definition) is 0. The summed E-state index contributed by atoms with van der Waals surface area (Å²) >= 11 is 3.44. The number of hydrogen-bond acceptors (Lipinski definition) is 5. The van der Waals surface area contributed by atoms with E-state index in [-0.39, 0.29) is 16.6 Å². The van der Waals surface area contributed by atoms with Crippen LogP contribution >= 0.6 is 23.1 Å². The van der Waals surface area contributed by atoms with Gasteiger partial charge in [0.1, 0.15) is 5.01 Å². The maximum atomic E-state index is 11.1. The Bertz CT molecular complexity index is 396. The lowest BCUT2D eigenvalue weighted by molar-refractivity contribution is -0.140. The van der Waals surface area contributed by atoms with Crippen LogP contribution < -0.4 is 0 Å². The first-order chi connectivity index (χ1) is 8.32. The number of carbonyl (C=O) groups excluding carboxylic acids is 1. The van der Waals surface area contributed by atoms with Crippen molar-refractivity contribution in [2.24, 2.45) is 0 Å². The summed E-state index contributed by atoms with van der Waals surface area (Å²) in [5.74, 6) is 0.711. The second kappa shape index (κ2) is 6.57. The Morgan fingerprint density at radius 1 is 1.56 bits per heavy atom. The highest BCUT2D eigenvalue weighted by Gasteiger charge is 2.18. The number of aromatic nitrogens is 1. The maximum absolute atomic E-state index is 11.1. The van der Waals surface area contributed by atoms with Gasteiger partial charge in [0.05, 0.1) is 19.2 Å². The van der Waals surface area contributed by atoms with Crippen molar-refractivity contribution in [2.45, 2.75) is 50.5 Å². The van der Waals surface area contributed by atoms with E-state index in [1.165, 1.54) is 7.11 Å². The van der Waals surface area contributed by atoms with Gasteiger partial charge in [-0.3, -0.25) is 4.79 Å². The maximum Gasteiger partial charge on any atom is 0.306 e. The monoisotopic (exact) mass is 287 g/mol. The Morgan fingerprint density at radius 3 is 2.72 bits per heavy atom. The van der Waals surface area contributed by atoms with Gasteiger partial charge >= 0.3 is 5.97 Å². The number of methoxy groups -OCH3 is 1. The molecule has 102 valence electrons. The van der Waals surface area contributed by atoms with Gasteiger partial charge in [-0.25, -0.2) is 4.98 Å². The summed E-state index contributed by atoms with van der Waals surface area (Å²) in [7, 11) is 1.43.